The fourth-order valence-electron chi connectivity index (χ4n) is 5.53. The van der Waals surface area contributed by atoms with E-state index in [1.807, 2.05) is 32.1 Å². The van der Waals surface area contributed by atoms with Crippen LogP contribution in [0.5, 0.6) is 0 Å². The number of nitrogen functional groups attached to an aromatic ring is 1. The summed E-state index contributed by atoms with van der Waals surface area (Å²) in [6.45, 7) is 10.7. The van der Waals surface area contributed by atoms with Crippen LogP contribution in [0, 0.1) is 30.6 Å². The number of Topliss-reactive ketones (excluding diaryl/α,β-unsaturated/α-hetero) is 1. The maximum absolute atomic E-state index is 13.2. The number of carbonyl (C=O) groups excluding carboxylic acids is 2. The molecule has 44 heavy (non-hydrogen) atoms. The highest BCUT2D eigenvalue weighted by Crippen LogP contribution is 2.29. The van der Waals surface area contributed by atoms with Gasteiger partial charge in [-0.2, -0.15) is 0 Å². The van der Waals surface area contributed by atoms with Gasteiger partial charge in [0.15, 0.2) is 5.78 Å². The van der Waals surface area contributed by atoms with Gasteiger partial charge >= 0.3 is 0 Å². The molecular weight excluding hydrogens is 550 g/mol. The number of hydrogen-bond donors (Lipinski definition) is 2. The summed E-state index contributed by atoms with van der Waals surface area (Å²) in [5.41, 5.74) is 9.97. The molecule has 7 heteroatoms. The molecule has 238 valence electrons. The molecule has 0 spiro atoms. The molecule has 0 aromatic heterocycles. The van der Waals surface area contributed by atoms with Crippen molar-refractivity contribution < 1.29 is 19.1 Å². The van der Waals surface area contributed by atoms with E-state index in [9.17, 15) is 9.59 Å². The molecule has 7 nitrogen and oxygen atoms in total. The van der Waals surface area contributed by atoms with Crippen molar-refractivity contribution in [3.8, 4) is 0 Å². The first kappa shape index (κ1) is 33.4. The summed E-state index contributed by atoms with van der Waals surface area (Å²) >= 11 is 0. The minimum absolute atomic E-state index is 0.0344. The van der Waals surface area contributed by atoms with Crippen molar-refractivity contribution >= 4 is 23.6 Å². The topological polar surface area (TPSA) is 103 Å². The molecule has 3 aliphatic carbocycles. The van der Waals surface area contributed by atoms with Crippen molar-refractivity contribution in [2.75, 3.05) is 32.0 Å². The molecule has 1 amide bonds. The van der Waals surface area contributed by atoms with Gasteiger partial charge in [-0.3, -0.25) is 14.6 Å². The first-order valence-corrected chi connectivity index (χ1v) is 16.5. The molecule has 1 saturated carbocycles. The third kappa shape index (κ3) is 10.0. The van der Waals surface area contributed by atoms with E-state index in [1.54, 1.807) is 18.3 Å². The predicted molar refractivity (Wildman–Crippen MR) is 179 cm³/mol. The van der Waals surface area contributed by atoms with E-state index < -0.39 is 0 Å². The van der Waals surface area contributed by atoms with Crippen LogP contribution in [-0.4, -0.2) is 44.2 Å². The predicted octanol–water partition coefficient (Wildman–Crippen LogP) is 7.26. The van der Waals surface area contributed by atoms with Crippen LogP contribution in [0.25, 0.3) is 0 Å². The standard InChI is InChI=1S/C37H51N3O4/c1-5-28(9-8-26(3)36(41)30-12-16-32(17-13-30)44-31-14-6-25(2)7-15-31)22-39-23-34-27(4)33(18-19-35(34)38)37(42)40-20-21-43-24-29-10-11-29/h6,12,14-16,18-19,23,25-26,28-29H,5,7-11,13,17,20-22,24,38H2,1-4H3,(H,40,42). The van der Waals surface area contributed by atoms with Gasteiger partial charge in [-0.15, -0.1) is 0 Å². The average molecular weight is 602 g/mol. The van der Waals surface area contributed by atoms with Gasteiger partial charge < -0.3 is 20.5 Å². The van der Waals surface area contributed by atoms with E-state index in [0.717, 1.165) is 73.4 Å². The number of carbonyl (C=O) groups is 2. The molecule has 4 rings (SSSR count). The summed E-state index contributed by atoms with van der Waals surface area (Å²) < 4.78 is 11.7. The lowest BCUT2D eigenvalue weighted by Crippen LogP contribution is -2.28. The summed E-state index contributed by atoms with van der Waals surface area (Å²) in [6.07, 6.45) is 19.7. The van der Waals surface area contributed by atoms with Crippen LogP contribution >= 0.6 is 0 Å². The van der Waals surface area contributed by atoms with Crippen LogP contribution in [0.15, 0.2) is 64.6 Å². The fraction of sp³-hybridized carbons (Fsp3) is 0.541. The number of nitrogens with zero attached hydrogens (tertiary/aromatic N) is 1. The molecule has 0 saturated heterocycles. The Bertz CT molecular complexity index is 1320. The van der Waals surface area contributed by atoms with Crippen LogP contribution in [0.4, 0.5) is 5.69 Å². The van der Waals surface area contributed by atoms with Crippen LogP contribution < -0.4 is 11.1 Å². The SMILES string of the molecule is CCC(CCC(C)C(=O)C1=CC=C(OC2=CCC(C)C=C2)CC1)CN=Cc1c(N)ccc(C(=O)NCCOCC2CC2)c1C. The van der Waals surface area contributed by atoms with Crippen molar-refractivity contribution in [1.82, 2.24) is 5.32 Å². The van der Waals surface area contributed by atoms with Gasteiger partial charge in [0.2, 0.25) is 0 Å². The Morgan fingerprint density at radius 1 is 1.18 bits per heavy atom. The molecule has 3 N–H and O–H groups in total. The zero-order valence-corrected chi connectivity index (χ0v) is 27.1. The largest absolute Gasteiger partial charge is 0.462 e. The first-order valence-electron chi connectivity index (χ1n) is 16.5. The van der Waals surface area contributed by atoms with Crippen molar-refractivity contribution in [1.29, 1.82) is 0 Å². The highest BCUT2D eigenvalue weighted by molar-refractivity contribution is 6.00. The van der Waals surface area contributed by atoms with Crippen molar-refractivity contribution in [2.24, 2.45) is 28.7 Å². The number of rotatable bonds is 17. The van der Waals surface area contributed by atoms with Gasteiger partial charge in [-0.1, -0.05) is 39.3 Å². The second-order valence-corrected chi connectivity index (χ2v) is 12.7. The van der Waals surface area contributed by atoms with Gasteiger partial charge in [0.25, 0.3) is 5.91 Å². The Hall–Kier alpha value is -3.45. The molecule has 3 unspecified atom stereocenters. The van der Waals surface area contributed by atoms with Gasteiger partial charge in [0, 0.05) is 55.1 Å². The van der Waals surface area contributed by atoms with E-state index in [0.29, 0.717) is 48.7 Å². The first-order chi connectivity index (χ1) is 21.2. The number of nitrogens with two attached hydrogens (primary N) is 1. The number of allylic oxidation sites excluding steroid dienone is 7. The van der Waals surface area contributed by atoms with Crippen LogP contribution in [-0.2, 0) is 14.3 Å². The van der Waals surface area contributed by atoms with Crippen LogP contribution in [0.1, 0.15) is 93.6 Å². The Morgan fingerprint density at radius 2 is 2.00 bits per heavy atom. The smallest absolute Gasteiger partial charge is 0.251 e. The Labute approximate surface area is 263 Å². The molecule has 1 aromatic rings. The maximum Gasteiger partial charge on any atom is 0.251 e. The lowest BCUT2D eigenvalue weighted by Gasteiger charge is -2.20. The summed E-state index contributed by atoms with van der Waals surface area (Å²) in [4.78, 5) is 30.7. The fourth-order valence-corrected chi connectivity index (χ4v) is 5.53. The second kappa shape index (κ2) is 16.6. The molecule has 1 aromatic carbocycles. The third-order valence-electron chi connectivity index (χ3n) is 8.95. The summed E-state index contributed by atoms with van der Waals surface area (Å²) in [6, 6.07) is 3.54. The van der Waals surface area contributed by atoms with E-state index in [-0.39, 0.29) is 17.6 Å². The minimum Gasteiger partial charge on any atom is -0.462 e. The summed E-state index contributed by atoms with van der Waals surface area (Å²) in [7, 11) is 0. The molecule has 1 fully saturated rings. The number of ketones is 1. The lowest BCUT2D eigenvalue weighted by molar-refractivity contribution is -0.119. The number of nitrogens with one attached hydrogen (secondary N) is 1. The molecule has 3 atom stereocenters. The van der Waals surface area contributed by atoms with Gasteiger partial charge in [-0.25, -0.2) is 0 Å². The van der Waals surface area contributed by atoms with E-state index in [2.05, 4.69) is 31.3 Å². The molecular formula is C37H51N3O4. The molecule has 0 bridgehead atoms. The number of benzene rings is 1. The van der Waals surface area contributed by atoms with Crippen molar-refractivity contribution in [3.05, 3.63) is 76.3 Å². The zero-order valence-electron chi connectivity index (χ0n) is 27.1. The summed E-state index contributed by atoms with van der Waals surface area (Å²) in [5, 5.41) is 2.95. The number of ether oxygens (including phenoxy) is 2. The lowest BCUT2D eigenvalue weighted by atomic mass is 9.87. The molecule has 3 aliphatic rings. The third-order valence-corrected chi connectivity index (χ3v) is 8.95. The number of hydrogen-bond acceptors (Lipinski definition) is 6. The minimum atomic E-state index is -0.127. The number of anilines is 1. The Kier molecular flexibility index (Phi) is 12.6. The van der Waals surface area contributed by atoms with Gasteiger partial charge in [-0.05, 0) is 105 Å². The van der Waals surface area contributed by atoms with Gasteiger partial charge in [0.05, 0.1) is 6.61 Å². The van der Waals surface area contributed by atoms with E-state index >= 15 is 0 Å². The Morgan fingerprint density at radius 3 is 2.68 bits per heavy atom. The van der Waals surface area contributed by atoms with E-state index in [4.69, 9.17) is 20.2 Å². The average Bonchev–Trinajstić information content (AvgIpc) is 3.85. The zero-order chi connectivity index (χ0) is 31.5. The van der Waals surface area contributed by atoms with Crippen molar-refractivity contribution in [2.45, 2.75) is 79.1 Å². The quantitative estimate of drug-likeness (QED) is 0.111. The molecule has 0 aliphatic heterocycles. The number of amides is 1. The normalized spacial score (nSPS) is 19.6. The maximum atomic E-state index is 13.2. The summed E-state index contributed by atoms with van der Waals surface area (Å²) in [5.74, 6) is 3.52. The highest BCUT2D eigenvalue weighted by atomic mass is 16.5. The van der Waals surface area contributed by atoms with Gasteiger partial charge in [0.1, 0.15) is 11.5 Å². The Balaban J connectivity index is 1.23. The monoisotopic (exact) mass is 601 g/mol. The van der Waals surface area contributed by atoms with E-state index in [1.165, 1.54) is 12.8 Å². The second-order valence-electron chi connectivity index (χ2n) is 12.7. The van der Waals surface area contributed by atoms with Crippen LogP contribution in [0.2, 0.25) is 0 Å². The molecule has 0 heterocycles. The number of aliphatic imine (C=N–C) groups is 1. The highest BCUT2D eigenvalue weighted by Gasteiger charge is 2.22. The molecule has 0 radical (unpaired) electrons. The van der Waals surface area contributed by atoms with Crippen LogP contribution in [0.3, 0.4) is 0 Å². The van der Waals surface area contributed by atoms with Crippen molar-refractivity contribution in [3.63, 3.8) is 0 Å².